The lowest BCUT2D eigenvalue weighted by Gasteiger charge is -2.27. The van der Waals surface area contributed by atoms with E-state index in [4.69, 9.17) is 11.6 Å². The molecule has 0 aliphatic rings. The van der Waals surface area contributed by atoms with E-state index >= 15 is 0 Å². The average Bonchev–Trinajstić information content (AvgIpc) is 2.37. The lowest BCUT2D eigenvalue weighted by atomic mass is 10.1. The highest BCUT2D eigenvalue weighted by atomic mass is 35.5. The van der Waals surface area contributed by atoms with Gasteiger partial charge in [-0.2, -0.15) is 0 Å². The standard InChI is InChI=1S/C14H19ClN4O/c1-14(20,9-19(2)3)8-16-13-11-7-5-4-6-10(11)12(15)17-18-13/h4-7,20H,8-9H2,1-3H3,(H,16,18). The first-order chi connectivity index (χ1) is 9.39. The second-order valence-corrected chi connectivity index (χ2v) is 5.83. The molecule has 1 atom stereocenters. The van der Waals surface area contributed by atoms with E-state index < -0.39 is 5.60 Å². The van der Waals surface area contributed by atoms with Crippen LogP contribution in [0, 0.1) is 0 Å². The molecule has 0 bridgehead atoms. The van der Waals surface area contributed by atoms with Gasteiger partial charge in [0.15, 0.2) is 11.0 Å². The van der Waals surface area contributed by atoms with Crippen LogP contribution < -0.4 is 5.32 Å². The Morgan fingerprint density at radius 2 is 1.90 bits per heavy atom. The van der Waals surface area contributed by atoms with Crippen LogP contribution in [0.15, 0.2) is 24.3 Å². The van der Waals surface area contributed by atoms with Gasteiger partial charge < -0.3 is 15.3 Å². The molecule has 0 fully saturated rings. The summed E-state index contributed by atoms with van der Waals surface area (Å²) >= 11 is 6.03. The van der Waals surface area contributed by atoms with Crippen molar-refractivity contribution >= 4 is 28.2 Å². The molecule has 6 heteroatoms. The van der Waals surface area contributed by atoms with Gasteiger partial charge in [0, 0.05) is 23.9 Å². The van der Waals surface area contributed by atoms with E-state index in [1.165, 1.54) is 0 Å². The lowest BCUT2D eigenvalue weighted by molar-refractivity contribution is 0.0459. The van der Waals surface area contributed by atoms with Crippen LogP contribution in [0.3, 0.4) is 0 Å². The van der Waals surface area contributed by atoms with Crippen molar-refractivity contribution in [1.82, 2.24) is 15.1 Å². The van der Waals surface area contributed by atoms with Gasteiger partial charge in [0.1, 0.15) is 0 Å². The van der Waals surface area contributed by atoms with E-state index in [0.29, 0.717) is 24.1 Å². The predicted molar refractivity (Wildman–Crippen MR) is 82.2 cm³/mol. The highest BCUT2D eigenvalue weighted by molar-refractivity contribution is 6.34. The minimum atomic E-state index is -0.855. The normalized spacial score (nSPS) is 14.5. The number of nitrogens with zero attached hydrogens (tertiary/aromatic N) is 3. The highest BCUT2D eigenvalue weighted by Crippen LogP contribution is 2.25. The molecule has 108 valence electrons. The first kappa shape index (κ1) is 15.0. The summed E-state index contributed by atoms with van der Waals surface area (Å²) in [5.74, 6) is 0.629. The van der Waals surface area contributed by atoms with Gasteiger partial charge in [0.25, 0.3) is 0 Å². The second-order valence-electron chi connectivity index (χ2n) is 5.47. The summed E-state index contributed by atoms with van der Waals surface area (Å²) in [5, 5.41) is 23.6. The van der Waals surface area contributed by atoms with Gasteiger partial charge in [-0.15, -0.1) is 10.2 Å². The zero-order chi connectivity index (χ0) is 14.8. The Labute approximate surface area is 123 Å². The predicted octanol–water partition coefficient (Wildman–Crippen LogP) is 2.01. The lowest BCUT2D eigenvalue weighted by Crippen LogP contribution is -2.43. The number of halogens is 1. The van der Waals surface area contributed by atoms with E-state index in [0.717, 1.165) is 10.8 Å². The van der Waals surface area contributed by atoms with E-state index in [9.17, 15) is 5.11 Å². The van der Waals surface area contributed by atoms with Crippen LogP contribution in [0.25, 0.3) is 10.8 Å². The number of fused-ring (bicyclic) bond motifs is 1. The van der Waals surface area contributed by atoms with Crippen LogP contribution in [0.4, 0.5) is 5.82 Å². The maximum absolute atomic E-state index is 10.3. The van der Waals surface area contributed by atoms with E-state index in [1.807, 2.05) is 43.3 Å². The fraction of sp³-hybridized carbons (Fsp3) is 0.429. The third-order valence-corrected chi connectivity index (χ3v) is 3.21. The Bertz CT molecular complexity index is 601. The molecule has 0 saturated heterocycles. The summed E-state index contributed by atoms with van der Waals surface area (Å²) in [6.07, 6.45) is 0. The van der Waals surface area contributed by atoms with Crippen molar-refractivity contribution in [3.63, 3.8) is 0 Å². The van der Waals surface area contributed by atoms with Gasteiger partial charge in [0.2, 0.25) is 0 Å². The summed E-state index contributed by atoms with van der Waals surface area (Å²) in [6, 6.07) is 7.65. The molecular formula is C14H19ClN4O. The van der Waals surface area contributed by atoms with Crippen molar-refractivity contribution in [2.24, 2.45) is 0 Å². The number of benzene rings is 1. The molecule has 1 heterocycles. The highest BCUT2D eigenvalue weighted by Gasteiger charge is 2.21. The maximum atomic E-state index is 10.3. The quantitative estimate of drug-likeness (QED) is 0.883. The fourth-order valence-electron chi connectivity index (χ4n) is 2.21. The third kappa shape index (κ3) is 3.56. The fourth-order valence-corrected chi connectivity index (χ4v) is 2.42. The van der Waals surface area contributed by atoms with Crippen LogP contribution in [0.1, 0.15) is 6.92 Å². The molecule has 0 aliphatic heterocycles. The number of rotatable bonds is 5. The third-order valence-electron chi connectivity index (χ3n) is 2.94. The summed E-state index contributed by atoms with van der Waals surface area (Å²) < 4.78 is 0. The molecule has 1 unspecified atom stereocenters. The van der Waals surface area contributed by atoms with Gasteiger partial charge in [0.05, 0.1) is 5.60 Å². The molecule has 0 aliphatic carbocycles. The smallest absolute Gasteiger partial charge is 0.159 e. The first-order valence-corrected chi connectivity index (χ1v) is 6.79. The molecule has 0 spiro atoms. The molecule has 1 aromatic carbocycles. The summed E-state index contributed by atoms with van der Waals surface area (Å²) in [5.41, 5.74) is -0.855. The average molecular weight is 295 g/mol. The van der Waals surface area contributed by atoms with Crippen molar-refractivity contribution in [3.8, 4) is 0 Å². The molecular weight excluding hydrogens is 276 g/mol. The van der Waals surface area contributed by atoms with Crippen molar-refractivity contribution < 1.29 is 5.11 Å². The summed E-state index contributed by atoms with van der Waals surface area (Å²) in [7, 11) is 3.85. The Morgan fingerprint density at radius 3 is 2.55 bits per heavy atom. The number of aliphatic hydroxyl groups is 1. The van der Waals surface area contributed by atoms with Gasteiger partial charge in [-0.3, -0.25) is 0 Å². The molecule has 5 nitrogen and oxygen atoms in total. The van der Waals surface area contributed by atoms with Crippen molar-refractivity contribution in [1.29, 1.82) is 0 Å². The molecule has 2 aromatic rings. The zero-order valence-electron chi connectivity index (χ0n) is 11.9. The van der Waals surface area contributed by atoms with Crippen molar-refractivity contribution in [2.45, 2.75) is 12.5 Å². The number of nitrogens with one attached hydrogen (secondary N) is 1. The minimum Gasteiger partial charge on any atom is -0.387 e. The number of aromatic nitrogens is 2. The molecule has 0 saturated carbocycles. The van der Waals surface area contributed by atoms with Crippen molar-refractivity contribution in [3.05, 3.63) is 29.4 Å². The summed E-state index contributed by atoms with van der Waals surface area (Å²) in [6.45, 7) is 2.72. The molecule has 20 heavy (non-hydrogen) atoms. The molecule has 0 radical (unpaired) electrons. The van der Waals surface area contributed by atoms with Crippen LogP contribution >= 0.6 is 11.6 Å². The van der Waals surface area contributed by atoms with E-state index in [-0.39, 0.29) is 0 Å². The van der Waals surface area contributed by atoms with Gasteiger partial charge in [-0.05, 0) is 21.0 Å². The van der Waals surface area contributed by atoms with Gasteiger partial charge in [-0.25, -0.2) is 0 Å². The Hall–Kier alpha value is -1.43. The number of hydrogen-bond donors (Lipinski definition) is 2. The number of hydrogen-bond acceptors (Lipinski definition) is 5. The Kier molecular flexibility index (Phi) is 4.42. The van der Waals surface area contributed by atoms with E-state index in [1.54, 1.807) is 6.92 Å². The van der Waals surface area contributed by atoms with E-state index in [2.05, 4.69) is 15.5 Å². The zero-order valence-corrected chi connectivity index (χ0v) is 12.6. The first-order valence-electron chi connectivity index (χ1n) is 6.41. The maximum Gasteiger partial charge on any atom is 0.159 e. The van der Waals surface area contributed by atoms with Gasteiger partial charge >= 0.3 is 0 Å². The number of anilines is 1. The molecule has 0 amide bonds. The van der Waals surface area contributed by atoms with Crippen molar-refractivity contribution in [2.75, 3.05) is 32.5 Å². The van der Waals surface area contributed by atoms with Crippen LogP contribution in [0.5, 0.6) is 0 Å². The summed E-state index contributed by atoms with van der Waals surface area (Å²) in [4.78, 5) is 1.94. The molecule has 2 rings (SSSR count). The Balaban J connectivity index is 2.21. The minimum absolute atomic E-state index is 0.380. The van der Waals surface area contributed by atoms with Crippen LogP contribution in [0.2, 0.25) is 5.15 Å². The monoisotopic (exact) mass is 294 g/mol. The number of likely N-dealkylation sites (N-methyl/N-ethyl adjacent to an activating group) is 1. The van der Waals surface area contributed by atoms with Crippen LogP contribution in [-0.2, 0) is 0 Å². The topological polar surface area (TPSA) is 61.3 Å². The molecule has 2 N–H and O–H groups in total. The van der Waals surface area contributed by atoms with Gasteiger partial charge in [-0.1, -0.05) is 35.9 Å². The molecule has 1 aromatic heterocycles. The second kappa shape index (κ2) is 5.91. The SMILES string of the molecule is CN(C)CC(C)(O)CNc1nnc(Cl)c2ccccc12. The Morgan fingerprint density at radius 1 is 1.25 bits per heavy atom. The van der Waals surface area contributed by atoms with Crippen LogP contribution in [-0.4, -0.2) is 53.0 Å². The largest absolute Gasteiger partial charge is 0.387 e.